The van der Waals surface area contributed by atoms with E-state index in [9.17, 15) is 19.8 Å². The van der Waals surface area contributed by atoms with Gasteiger partial charge in [0.15, 0.2) is 11.1 Å². The third-order valence-electron chi connectivity index (χ3n) is 3.12. The Morgan fingerprint density at radius 2 is 2.33 bits per heavy atom. The molecule has 0 spiro atoms. The Hall–Kier alpha value is -1.30. The first-order valence-electron chi connectivity index (χ1n) is 6.72. The summed E-state index contributed by atoms with van der Waals surface area (Å²) >= 11 is 11.6. The fraction of sp³-hybridized carbons (Fsp3) is 0.500. The highest BCUT2D eigenvalue weighted by atomic mass is 35.5. The quantitative estimate of drug-likeness (QED) is 0.488. The fourth-order valence-corrected chi connectivity index (χ4v) is 2.66. The van der Waals surface area contributed by atoms with Crippen molar-refractivity contribution in [2.75, 3.05) is 6.56 Å². The highest BCUT2D eigenvalue weighted by Crippen LogP contribution is 2.42. The summed E-state index contributed by atoms with van der Waals surface area (Å²) in [6.45, 7) is -1.54. The normalized spacial score (nSPS) is 33.9. The molecule has 4 atom stereocenters. The van der Waals surface area contributed by atoms with E-state index in [0.29, 0.717) is 0 Å². The number of aliphatic hydroxyl groups excluding tert-OH is 1. The van der Waals surface area contributed by atoms with E-state index < -0.39 is 41.1 Å². The number of rotatable bonds is 2. The minimum atomic E-state index is -2.96. The molecule has 7 nitrogen and oxygen atoms in total. The molecule has 114 valence electrons. The summed E-state index contributed by atoms with van der Waals surface area (Å²) < 4.78 is 20.8. The zero-order chi connectivity index (χ0) is 17.6. The van der Waals surface area contributed by atoms with Crippen molar-refractivity contribution in [2.45, 2.75) is 30.2 Å². The van der Waals surface area contributed by atoms with Crippen LogP contribution in [0.2, 0.25) is 0 Å². The van der Waals surface area contributed by atoms with Gasteiger partial charge in [-0.3, -0.25) is 14.3 Å². The topological polar surface area (TPSA) is 105 Å². The SMILES string of the molecule is [2H]C([2H])(O)[C@H]1O[C@@H](n2c(C)cc(=O)[nH]c2=O)C(Cl)(C#CCl)[C@H]1O. The van der Waals surface area contributed by atoms with Crippen LogP contribution in [-0.2, 0) is 4.74 Å². The van der Waals surface area contributed by atoms with Crippen LogP contribution in [-0.4, -0.2) is 43.4 Å². The molecule has 0 saturated carbocycles. The maximum Gasteiger partial charge on any atom is 0.330 e. The molecule has 1 aromatic rings. The van der Waals surface area contributed by atoms with Gasteiger partial charge in [-0.2, -0.15) is 0 Å². The summed E-state index contributed by atoms with van der Waals surface area (Å²) in [5.41, 5.74) is -1.41. The molecule has 1 fully saturated rings. The van der Waals surface area contributed by atoms with E-state index >= 15 is 0 Å². The van der Waals surface area contributed by atoms with Gasteiger partial charge in [0.2, 0.25) is 0 Å². The van der Waals surface area contributed by atoms with Gasteiger partial charge in [-0.05, 0) is 18.5 Å². The Kier molecular flexibility index (Phi) is 3.71. The molecule has 0 aromatic carbocycles. The number of aromatic nitrogens is 2. The van der Waals surface area contributed by atoms with Crippen molar-refractivity contribution in [2.24, 2.45) is 0 Å². The van der Waals surface area contributed by atoms with Gasteiger partial charge in [-0.25, -0.2) is 4.79 Å². The maximum absolute atomic E-state index is 12.1. The van der Waals surface area contributed by atoms with Crippen LogP contribution in [0.15, 0.2) is 15.7 Å². The highest BCUT2D eigenvalue weighted by molar-refractivity contribution is 6.32. The van der Waals surface area contributed by atoms with Crippen LogP contribution >= 0.6 is 23.2 Å². The predicted octanol–water partition coefficient (Wildman–Crippen LogP) is -0.727. The first-order chi connectivity index (χ1) is 10.5. The molecule has 0 amide bonds. The Bertz CT molecular complexity index is 794. The molecule has 1 unspecified atom stereocenters. The summed E-state index contributed by atoms with van der Waals surface area (Å²) in [6, 6.07) is 1.09. The number of hydrogen-bond donors (Lipinski definition) is 3. The van der Waals surface area contributed by atoms with Gasteiger partial charge in [0.1, 0.15) is 12.2 Å². The second kappa shape index (κ2) is 5.83. The fourth-order valence-electron chi connectivity index (χ4n) is 2.15. The molecule has 0 aliphatic carbocycles. The smallest absolute Gasteiger partial charge is 0.330 e. The lowest BCUT2D eigenvalue weighted by Crippen LogP contribution is -2.45. The second-order valence-electron chi connectivity index (χ2n) is 4.42. The molecule has 1 aromatic heterocycles. The molecule has 9 heteroatoms. The number of ether oxygens (including phenoxy) is 1. The Labute approximate surface area is 131 Å². The van der Waals surface area contributed by atoms with Gasteiger partial charge < -0.3 is 14.9 Å². The number of H-pyrrole nitrogens is 1. The van der Waals surface area contributed by atoms with Crippen molar-refractivity contribution in [3.8, 4) is 11.3 Å². The standard InChI is InChI=1S/C12H12Cl2N2O5/c1-6-4-8(18)15-11(20)16(6)10-12(14,2-3-13)9(19)7(5-17)21-10/h4,7,9-10,17,19H,5H2,1H3,(H,15,18,20)/t7-,9+,10-,12?/m1/s1/i5D2. The summed E-state index contributed by atoms with van der Waals surface area (Å²) in [7, 11) is 0. The Morgan fingerprint density at radius 3 is 2.86 bits per heavy atom. The number of aliphatic hydroxyl groups is 2. The monoisotopic (exact) mass is 336 g/mol. The highest BCUT2D eigenvalue weighted by Gasteiger charge is 2.56. The molecule has 1 saturated heterocycles. The molecular weight excluding hydrogens is 323 g/mol. The minimum absolute atomic E-state index is 0.136. The van der Waals surface area contributed by atoms with Crippen LogP contribution in [0.25, 0.3) is 0 Å². The van der Waals surface area contributed by atoms with Gasteiger partial charge >= 0.3 is 5.69 Å². The molecule has 1 aliphatic heterocycles. The van der Waals surface area contributed by atoms with E-state index in [1.807, 2.05) is 10.4 Å². The first kappa shape index (κ1) is 13.4. The van der Waals surface area contributed by atoms with Crippen LogP contribution < -0.4 is 11.2 Å². The van der Waals surface area contributed by atoms with Crippen molar-refractivity contribution in [3.63, 3.8) is 0 Å². The van der Waals surface area contributed by atoms with Crippen molar-refractivity contribution in [3.05, 3.63) is 32.6 Å². The van der Waals surface area contributed by atoms with E-state index in [4.69, 9.17) is 30.7 Å². The van der Waals surface area contributed by atoms with E-state index in [0.717, 1.165) is 10.6 Å². The van der Waals surface area contributed by atoms with Crippen molar-refractivity contribution >= 4 is 23.2 Å². The lowest BCUT2D eigenvalue weighted by Gasteiger charge is -2.26. The van der Waals surface area contributed by atoms with Gasteiger partial charge in [0.05, 0.1) is 9.30 Å². The Balaban J connectivity index is 2.67. The van der Waals surface area contributed by atoms with Gasteiger partial charge in [0, 0.05) is 17.1 Å². The molecule has 2 heterocycles. The number of alkyl halides is 1. The number of hydrogen-bond acceptors (Lipinski definition) is 5. The number of halogens is 2. The summed E-state index contributed by atoms with van der Waals surface area (Å²) in [6.07, 6.45) is -5.10. The van der Waals surface area contributed by atoms with Gasteiger partial charge in [-0.15, -0.1) is 0 Å². The van der Waals surface area contributed by atoms with Crippen LogP contribution in [0.3, 0.4) is 0 Å². The van der Waals surface area contributed by atoms with Gasteiger partial charge in [-0.1, -0.05) is 17.5 Å². The van der Waals surface area contributed by atoms with Crippen LogP contribution in [0.5, 0.6) is 0 Å². The number of nitrogens with zero attached hydrogens (tertiary/aromatic N) is 1. The molecule has 3 N–H and O–H groups in total. The molecule has 2 rings (SSSR count). The number of aryl methyl sites for hydroxylation is 1. The second-order valence-corrected chi connectivity index (χ2v) is 5.24. The van der Waals surface area contributed by atoms with Gasteiger partial charge in [0.25, 0.3) is 5.56 Å². The molecular formula is C12H12Cl2N2O5. The van der Waals surface area contributed by atoms with Crippen molar-refractivity contribution in [1.82, 2.24) is 9.55 Å². The Morgan fingerprint density at radius 1 is 1.67 bits per heavy atom. The summed E-state index contributed by atoms with van der Waals surface area (Å²) in [5, 5.41) is 21.7. The maximum atomic E-state index is 12.1. The summed E-state index contributed by atoms with van der Waals surface area (Å²) in [4.78, 5) is 23.3. The van der Waals surface area contributed by atoms with E-state index in [1.54, 1.807) is 0 Å². The average Bonchev–Trinajstić information content (AvgIpc) is 2.63. The number of aromatic amines is 1. The molecule has 1 aliphatic rings. The largest absolute Gasteiger partial charge is 0.394 e. The van der Waals surface area contributed by atoms with Crippen molar-refractivity contribution < 1.29 is 17.7 Å². The van der Waals surface area contributed by atoms with E-state index in [-0.39, 0.29) is 5.69 Å². The average molecular weight is 337 g/mol. The molecule has 0 radical (unpaired) electrons. The minimum Gasteiger partial charge on any atom is -0.394 e. The number of nitrogens with one attached hydrogen (secondary N) is 1. The zero-order valence-corrected chi connectivity index (χ0v) is 12.1. The predicted molar refractivity (Wildman–Crippen MR) is 75.3 cm³/mol. The molecule has 21 heavy (non-hydrogen) atoms. The van der Waals surface area contributed by atoms with Crippen molar-refractivity contribution in [1.29, 1.82) is 0 Å². The lowest BCUT2D eigenvalue weighted by atomic mass is 9.99. The van der Waals surface area contributed by atoms with Crippen LogP contribution in [0, 0.1) is 18.2 Å². The zero-order valence-electron chi connectivity index (χ0n) is 12.6. The third-order valence-corrected chi connectivity index (χ3v) is 3.72. The molecule has 0 bridgehead atoms. The van der Waals surface area contributed by atoms with Crippen LogP contribution in [0.1, 0.15) is 14.7 Å². The third kappa shape index (κ3) is 2.61. The lowest BCUT2D eigenvalue weighted by molar-refractivity contribution is -0.0471. The van der Waals surface area contributed by atoms with E-state index in [1.165, 1.54) is 6.92 Å². The van der Waals surface area contributed by atoms with E-state index in [2.05, 4.69) is 5.92 Å². The van der Waals surface area contributed by atoms with Crippen LogP contribution in [0.4, 0.5) is 0 Å². The summed E-state index contributed by atoms with van der Waals surface area (Å²) in [5.74, 6) is 2.27. The first-order valence-corrected chi connectivity index (χ1v) is 6.48.